The topological polar surface area (TPSA) is 110 Å². The molecule has 0 aliphatic heterocycles. The van der Waals surface area contributed by atoms with Crippen LogP contribution in [0.5, 0.6) is 0 Å². The van der Waals surface area contributed by atoms with Gasteiger partial charge in [0.2, 0.25) is 0 Å². The molecule has 0 aromatic heterocycles. The molecule has 0 heterocycles. The largest absolute Gasteiger partial charge is 0.474 e. The highest BCUT2D eigenvalue weighted by molar-refractivity contribution is 6.16. The van der Waals surface area contributed by atoms with Crippen LogP contribution in [0.3, 0.4) is 0 Å². The summed E-state index contributed by atoms with van der Waals surface area (Å²) in [7, 11) is 0. The van der Waals surface area contributed by atoms with Gasteiger partial charge in [0.25, 0.3) is 5.78 Å². The lowest BCUT2D eigenvalue weighted by Gasteiger charge is -2.21. The molecule has 2 rings (SSSR count). The molecular weight excluding hydrogens is 288 g/mol. The Kier molecular flexibility index (Phi) is 4.17. The van der Waals surface area contributed by atoms with Gasteiger partial charge in [-0.15, -0.1) is 0 Å². The van der Waals surface area contributed by atoms with Crippen LogP contribution in [0.15, 0.2) is 60.7 Å². The van der Waals surface area contributed by atoms with Crippen LogP contribution in [0.25, 0.3) is 0 Å². The van der Waals surface area contributed by atoms with E-state index < -0.39 is 22.3 Å². The van der Waals surface area contributed by atoms with Crippen LogP contribution in [0.2, 0.25) is 0 Å². The fourth-order valence-electron chi connectivity index (χ4n) is 1.94. The number of carbonyl (C=O) groups excluding carboxylic acids is 1. The summed E-state index contributed by atoms with van der Waals surface area (Å²) in [5.41, 5.74) is -2.89. The molecule has 0 radical (unpaired) electrons. The third-order valence-corrected chi connectivity index (χ3v) is 3.05. The van der Waals surface area contributed by atoms with Gasteiger partial charge in [0.15, 0.2) is 0 Å². The molecule has 2 N–H and O–H groups in total. The summed E-state index contributed by atoms with van der Waals surface area (Å²) < 4.78 is 0. The van der Waals surface area contributed by atoms with Crippen molar-refractivity contribution >= 4 is 17.4 Å². The molecule has 7 heteroatoms. The van der Waals surface area contributed by atoms with Crippen LogP contribution >= 0.6 is 0 Å². The van der Waals surface area contributed by atoms with Crippen molar-refractivity contribution in [2.45, 2.75) is 5.66 Å². The number of rotatable bonds is 6. The molecule has 1 unspecified atom stereocenters. The highest BCUT2D eigenvalue weighted by Gasteiger charge is 2.59. The van der Waals surface area contributed by atoms with Gasteiger partial charge in [0.1, 0.15) is 0 Å². The molecular formula is C15H12N2O5. The Morgan fingerprint density at radius 3 is 1.95 bits per heavy atom. The molecule has 0 saturated carbocycles. The van der Waals surface area contributed by atoms with Crippen molar-refractivity contribution in [1.82, 2.24) is 0 Å². The van der Waals surface area contributed by atoms with Gasteiger partial charge in [-0.2, -0.15) is 0 Å². The Bertz CT molecular complexity index is 686. The van der Waals surface area contributed by atoms with Crippen molar-refractivity contribution in [3.05, 3.63) is 76.3 Å². The summed E-state index contributed by atoms with van der Waals surface area (Å²) in [5, 5.41) is 23.0. The number of benzene rings is 2. The number of hydrogen-bond donors (Lipinski definition) is 2. The van der Waals surface area contributed by atoms with Gasteiger partial charge in [-0.25, -0.2) is 4.79 Å². The number of para-hydroxylation sites is 1. The summed E-state index contributed by atoms with van der Waals surface area (Å²) in [5.74, 6) is -3.02. The predicted molar refractivity (Wildman–Crippen MR) is 78.2 cm³/mol. The van der Waals surface area contributed by atoms with E-state index in [0.29, 0.717) is 0 Å². The number of hydrogen-bond acceptors (Lipinski definition) is 5. The smallest absolute Gasteiger partial charge is 0.453 e. The maximum Gasteiger partial charge on any atom is 0.453 e. The normalized spacial score (nSPS) is 12.9. The molecule has 22 heavy (non-hydrogen) atoms. The SMILES string of the molecule is O=C(O)C(Nc1ccccc1)(C(=O)c1ccccc1)[N+](=O)[O-]. The van der Waals surface area contributed by atoms with Gasteiger partial charge in [-0.1, -0.05) is 48.5 Å². The zero-order valence-corrected chi connectivity index (χ0v) is 11.3. The number of carboxylic acids is 1. The zero-order valence-electron chi connectivity index (χ0n) is 11.3. The van der Waals surface area contributed by atoms with E-state index in [1.54, 1.807) is 24.3 Å². The summed E-state index contributed by atoms with van der Waals surface area (Å²) >= 11 is 0. The fourth-order valence-corrected chi connectivity index (χ4v) is 1.94. The summed E-state index contributed by atoms with van der Waals surface area (Å²) in [6.45, 7) is 0. The monoisotopic (exact) mass is 300 g/mol. The molecule has 112 valence electrons. The molecule has 2 aromatic carbocycles. The van der Waals surface area contributed by atoms with Crippen LogP contribution in [-0.2, 0) is 4.79 Å². The van der Waals surface area contributed by atoms with Crippen molar-refractivity contribution < 1.29 is 19.6 Å². The number of aliphatic carboxylic acids is 1. The maximum atomic E-state index is 12.5. The maximum absolute atomic E-state index is 12.5. The number of carbonyl (C=O) groups is 2. The van der Waals surface area contributed by atoms with Crippen LogP contribution in [0.1, 0.15) is 10.4 Å². The minimum atomic E-state index is -2.98. The Morgan fingerprint density at radius 2 is 1.50 bits per heavy atom. The molecule has 0 aliphatic carbocycles. The highest BCUT2D eigenvalue weighted by atomic mass is 16.6. The summed E-state index contributed by atoms with van der Waals surface area (Å²) in [4.78, 5) is 34.3. The van der Waals surface area contributed by atoms with E-state index in [1.165, 1.54) is 36.4 Å². The molecule has 2 aromatic rings. The Labute approximate surface area is 125 Å². The highest BCUT2D eigenvalue weighted by Crippen LogP contribution is 2.22. The number of nitro groups is 1. The summed E-state index contributed by atoms with van der Waals surface area (Å²) in [6, 6.07) is 15.0. The van der Waals surface area contributed by atoms with Gasteiger partial charge in [-0.3, -0.25) is 14.9 Å². The summed E-state index contributed by atoms with van der Waals surface area (Å²) in [6.07, 6.45) is 0. The standard InChI is InChI=1S/C15H12N2O5/c18-13(11-7-3-1-4-8-11)15(14(19)20,17(21)22)16-12-9-5-2-6-10-12/h1-10,16H,(H,19,20). The molecule has 0 spiro atoms. The second kappa shape index (κ2) is 6.04. The van der Waals surface area contributed by atoms with E-state index in [4.69, 9.17) is 0 Å². The van der Waals surface area contributed by atoms with Crippen LogP contribution in [0.4, 0.5) is 5.69 Å². The zero-order chi connectivity index (χ0) is 16.2. The second-order valence-electron chi connectivity index (χ2n) is 4.46. The van der Waals surface area contributed by atoms with E-state index in [2.05, 4.69) is 5.32 Å². The first kappa shape index (κ1) is 15.2. The number of ketones is 1. The lowest BCUT2D eigenvalue weighted by molar-refractivity contribution is -0.528. The van der Waals surface area contributed by atoms with Gasteiger partial charge < -0.3 is 10.4 Å². The first-order valence-corrected chi connectivity index (χ1v) is 6.29. The second-order valence-corrected chi connectivity index (χ2v) is 4.46. The van der Waals surface area contributed by atoms with Crippen molar-refractivity contribution in [3.63, 3.8) is 0 Å². The third kappa shape index (κ3) is 2.64. The van der Waals surface area contributed by atoms with Gasteiger partial charge in [0, 0.05) is 11.3 Å². The molecule has 1 atom stereocenters. The predicted octanol–water partition coefficient (Wildman–Crippen LogP) is 2.04. The average Bonchev–Trinajstić information content (AvgIpc) is 2.53. The molecule has 7 nitrogen and oxygen atoms in total. The minimum Gasteiger partial charge on any atom is -0.474 e. The molecule has 0 saturated heterocycles. The molecule has 0 fully saturated rings. The Balaban J connectivity index is 2.53. The van der Waals surface area contributed by atoms with E-state index in [0.717, 1.165) is 0 Å². The first-order valence-electron chi connectivity index (χ1n) is 6.29. The van der Waals surface area contributed by atoms with Crippen LogP contribution in [0, 0.1) is 10.1 Å². The van der Waals surface area contributed by atoms with Crippen molar-refractivity contribution in [3.8, 4) is 0 Å². The molecule has 0 aliphatic rings. The van der Waals surface area contributed by atoms with Crippen molar-refractivity contribution in [2.75, 3.05) is 5.32 Å². The number of carboxylic acid groups (broad SMARTS) is 1. The van der Waals surface area contributed by atoms with E-state index in [9.17, 15) is 24.8 Å². The van der Waals surface area contributed by atoms with E-state index in [-0.39, 0.29) is 11.3 Å². The first-order chi connectivity index (χ1) is 10.5. The average molecular weight is 300 g/mol. The number of nitrogens with zero attached hydrogens (tertiary/aromatic N) is 1. The van der Waals surface area contributed by atoms with Crippen molar-refractivity contribution in [2.24, 2.45) is 0 Å². The van der Waals surface area contributed by atoms with Crippen molar-refractivity contribution in [1.29, 1.82) is 0 Å². The number of Topliss-reactive ketones (excluding diaryl/α,β-unsaturated/α-hetero) is 1. The molecule has 0 amide bonds. The molecule has 0 bridgehead atoms. The number of nitrogens with one attached hydrogen (secondary N) is 1. The minimum absolute atomic E-state index is 0.0648. The van der Waals surface area contributed by atoms with Gasteiger partial charge in [0.05, 0.1) is 4.92 Å². The quantitative estimate of drug-likeness (QED) is 0.278. The van der Waals surface area contributed by atoms with Crippen LogP contribution < -0.4 is 5.32 Å². The lowest BCUT2D eigenvalue weighted by Crippen LogP contribution is -2.59. The third-order valence-electron chi connectivity index (χ3n) is 3.05. The Hall–Kier alpha value is -3.22. The van der Waals surface area contributed by atoms with Crippen LogP contribution in [-0.4, -0.2) is 27.4 Å². The fraction of sp³-hybridized carbons (Fsp3) is 0.0667. The van der Waals surface area contributed by atoms with Gasteiger partial charge in [-0.05, 0) is 12.1 Å². The Morgan fingerprint density at radius 1 is 1.00 bits per heavy atom. The van der Waals surface area contributed by atoms with Gasteiger partial charge >= 0.3 is 11.6 Å². The van der Waals surface area contributed by atoms with E-state index in [1.807, 2.05) is 0 Å². The van der Waals surface area contributed by atoms with E-state index >= 15 is 0 Å². The lowest BCUT2D eigenvalue weighted by atomic mass is 9.97. The number of anilines is 1.